The normalized spacial score (nSPS) is 11.0. The van der Waals surface area contributed by atoms with E-state index in [1.54, 1.807) is 14.0 Å². The monoisotopic (exact) mass is 360 g/mol. The molecule has 0 bridgehead atoms. The second kappa shape index (κ2) is 7.53. The first-order valence-corrected chi connectivity index (χ1v) is 8.92. The van der Waals surface area contributed by atoms with Gasteiger partial charge in [-0.2, -0.15) is 0 Å². The van der Waals surface area contributed by atoms with Gasteiger partial charge in [-0.15, -0.1) is 10.2 Å². The fraction of sp³-hybridized carbons (Fsp3) is 0.238. The number of aromatic nitrogens is 4. The van der Waals surface area contributed by atoms with E-state index < -0.39 is 0 Å². The predicted molar refractivity (Wildman–Crippen MR) is 103 cm³/mol. The maximum atomic E-state index is 5.49. The largest absolute Gasteiger partial charge is 0.479 e. The van der Waals surface area contributed by atoms with E-state index in [2.05, 4.69) is 27.3 Å². The van der Waals surface area contributed by atoms with Crippen LogP contribution in [0.4, 0.5) is 0 Å². The Morgan fingerprint density at radius 2 is 1.74 bits per heavy atom. The molecule has 0 unspecified atom stereocenters. The average molecular weight is 360 g/mol. The third kappa shape index (κ3) is 3.79. The van der Waals surface area contributed by atoms with Gasteiger partial charge in [-0.3, -0.25) is 0 Å². The van der Waals surface area contributed by atoms with Crippen LogP contribution >= 0.6 is 0 Å². The number of rotatable bonds is 6. The number of nitrogens with zero attached hydrogens (tertiary/aromatic N) is 4. The second-order valence-electron chi connectivity index (χ2n) is 6.34. The third-order valence-electron chi connectivity index (χ3n) is 4.36. The lowest BCUT2D eigenvalue weighted by Crippen LogP contribution is -1.97. The zero-order valence-corrected chi connectivity index (χ0v) is 15.3. The summed E-state index contributed by atoms with van der Waals surface area (Å²) in [6.07, 6.45) is 2.62. The van der Waals surface area contributed by atoms with E-state index in [1.165, 1.54) is 5.56 Å². The molecule has 4 aromatic rings. The zero-order valence-electron chi connectivity index (χ0n) is 15.3. The molecular weight excluding hydrogens is 340 g/mol. The number of aryl methyl sites for hydroxylation is 3. The van der Waals surface area contributed by atoms with Gasteiger partial charge in [0.1, 0.15) is 5.69 Å². The number of fused-ring (bicyclic) bond motifs is 1. The SMILES string of the molecule is COc1nc2ccccc2nc1-c1cccc(CCCc2nnc(C)o2)c1. The highest BCUT2D eigenvalue weighted by Gasteiger charge is 2.12. The number of ether oxygens (including phenoxy) is 1. The van der Waals surface area contributed by atoms with Gasteiger partial charge in [0.05, 0.1) is 18.1 Å². The molecule has 0 aliphatic carbocycles. The van der Waals surface area contributed by atoms with Crippen LogP contribution in [0.3, 0.4) is 0 Å². The molecule has 0 aliphatic heterocycles. The molecule has 0 spiro atoms. The van der Waals surface area contributed by atoms with Crippen LogP contribution in [0.1, 0.15) is 23.8 Å². The van der Waals surface area contributed by atoms with Crippen LogP contribution < -0.4 is 4.74 Å². The predicted octanol–water partition coefficient (Wildman–Crippen LogP) is 4.17. The lowest BCUT2D eigenvalue weighted by Gasteiger charge is -2.10. The van der Waals surface area contributed by atoms with Crippen LogP contribution in [-0.4, -0.2) is 27.3 Å². The molecule has 6 heteroatoms. The Hall–Kier alpha value is -3.28. The molecule has 0 amide bonds. The minimum atomic E-state index is 0.534. The van der Waals surface area contributed by atoms with Gasteiger partial charge in [-0.25, -0.2) is 9.97 Å². The van der Waals surface area contributed by atoms with Crippen LogP contribution in [-0.2, 0) is 12.8 Å². The van der Waals surface area contributed by atoms with Gasteiger partial charge < -0.3 is 9.15 Å². The summed E-state index contributed by atoms with van der Waals surface area (Å²) in [5, 5.41) is 7.91. The van der Waals surface area contributed by atoms with Crippen LogP contribution in [0.25, 0.3) is 22.3 Å². The number of hydrogen-bond donors (Lipinski definition) is 0. The molecule has 0 N–H and O–H groups in total. The summed E-state index contributed by atoms with van der Waals surface area (Å²) in [5.74, 6) is 1.83. The van der Waals surface area contributed by atoms with Crippen molar-refractivity contribution < 1.29 is 9.15 Å². The molecule has 136 valence electrons. The smallest absolute Gasteiger partial charge is 0.240 e. The highest BCUT2D eigenvalue weighted by molar-refractivity contribution is 5.79. The van der Waals surface area contributed by atoms with Crippen molar-refractivity contribution in [2.45, 2.75) is 26.2 Å². The van der Waals surface area contributed by atoms with Gasteiger partial charge in [0.25, 0.3) is 0 Å². The number of benzene rings is 2. The number of para-hydroxylation sites is 2. The molecule has 0 saturated heterocycles. The van der Waals surface area contributed by atoms with Crippen molar-refractivity contribution in [3.63, 3.8) is 0 Å². The van der Waals surface area contributed by atoms with E-state index in [1.807, 2.05) is 36.4 Å². The topological polar surface area (TPSA) is 73.9 Å². The minimum absolute atomic E-state index is 0.534. The molecule has 2 aromatic heterocycles. The van der Waals surface area contributed by atoms with Crippen LogP contribution in [0.5, 0.6) is 5.88 Å². The van der Waals surface area contributed by atoms with Crippen molar-refractivity contribution in [2.24, 2.45) is 0 Å². The zero-order chi connectivity index (χ0) is 18.6. The Bertz CT molecular complexity index is 1070. The van der Waals surface area contributed by atoms with Gasteiger partial charge >= 0.3 is 0 Å². The Balaban J connectivity index is 1.57. The van der Waals surface area contributed by atoms with Crippen molar-refractivity contribution in [1.29, 1.82) is 0 Å². The molecule has 0 aliphatic rings. The van der Waals surface area contributed by atoms with E-state index >= 15 is 0 Å². The number of hydrogen-bond acceptors (Lipinski definition) is 6. The average Bonchev–Trinajstić information content (AvgIpc) is 3.12. The molecular formula is C21H20N4O2. The minimum Gasteiger partial charge on any atom is -0.479 e. The summed E-state index contributed by atoms with van der Waals surface area (Å²) in [7, 11) is 1.62. The Labute approximate surface area is 157 Å². The molecule has 0 saturated carbocycles. The fourth-order valence-corrected chi connectivity index (χ4v) is 3.07. The van der Waals surface area contributed by atoms with E-state index in [0.717, 1.165) is 41.6 Å². The van der Waals surface area contributed by atoms with E-state index in [9.17, 15) is 0 Å². The fourth-order valence-electron chi connectivity index (χ4n) is 3.07. The van der Waals surface area contributed by atoms with Crippen molar-refractivity contribution >= 4 is 11.0 Å². The first-order valence-electron chi connectivity index (χ1n) is 8.92. The lowest BCUT2D eigenvalue weighted by molar-refractivity contribution is 0.400. The van der Waals surface area contributed by atoms with Crippen molar-refractivity contribution in [1.82, 2.24) is 20.2 Å². The van der Waals surface area contributed by atoms with Crippen molar-refractivity contribution in [2.75, 3.05) is 7.11 Å². The van der Waals surface area contributed by atoms with Gasteiger partial charge in [0, 0.05) is 18.9 Å². The maximum Gasteiger partial charge on any atom is 0.240 e. The second-order valence-corrected chi connectivity index (χ2v) is 6.34. The van der Waals surface area contributed by atoms with Crippen LogP contribution in [0, 0.1) is 6.92 Å². The summed E-state index contributed by atoms with van der Waals surface area (Å²) in [6, 6.07) is 16.1. The Morgan fingerprint density at radius 3 is 2.48 bits per heavy atom. The molecule has 0 fully saturated rings. The highest BCUT2D eigenvalue weighted by Crippen LogP contribution is 2.29. The van der Waals surface area contributed by atoms with Crippen molar-refractivity contribution in [3.05, 3.63) is 65.9 Å². The third-order valence-corrected chi connectivity index (χ3v) is 4.36. The molecule has 27 heavy (non-hydrogen) atoms. The van der Waals surface area contributed by atoms with Gasteiger partial charge in [0.2, 0.25) is 17.7 Å². The van der Waals surface area contributed by atoms with Crippen molar-refractivity contribution in [3.8, 4) is 17.1 Å². The van der Waals surface area contributed by atoms with Gasteiger partial charge in [-0.1, -0.05) is 30.3 Å². The highest BCUT2D eigenvalue weighted by atomic mass is 16.5. The molecule has 2 aromatic carbocycles. The number of methoxy groups -OCH3 is 1. The summed E-state index contributed by atoms with van der Waals surface area (Å²) in [6.45, 7) is 1.80. The van der Waals surface area contributed by atoms with Crippen LogP contribution in [0.15, 0.2) is 52.9 Å². The summed E-state index contributed by atoms with van der Waals surface area (Å²) < 4.78 is 10.9. The summed E-state index contributed by atoms with van der Waals surface area (Å²) in [4.78, 5) is 9.36. The summed E-state index contributed by atoms with van der Waals surface area (Å²) in [5.41, 5.74) is 4.65. The first-order chi connectivity index (χ1) is 13.2. The summed E-state index contributed by atoms with van der Waals surface area (Å²) >= 11 is 0. The van der Waals surface area contributed by atoms with E-state index in [4.69, 9.17) is 14.1 Å². The van der Waals surface area contributed by atoms with E-state index in [-0.39, 0.29) is 0 Å². The molecule has 0 radical (unpaired) electrons. The molecule has 0 atom stereocenters. The van der Waals surface area contributed by atoms with Crippen LogP contribution in [0.2, 0.25) is 0 Å². The standard InChI is InChI=1S/C21H20N4O2/c1-14-24-25-19(27-14)12-6-8-15-7-5-9-16(13-15)20-21(26-2)23-18-11-4-3-10-17(18)22-20/h3-5,7,9-11,13H,6,8,12H2,1-2H3. The van der Waals surface area contributed by atoms with Gasteiger partial charge in [0.15, 0.2) is 0 Å². The molecule has 4 rings (SSSR count). The first kappa shape index (κ1) is 17.1. The van der Waals surface area contributed by atoms with Gasteiger partial charge in [-0.05, 0) is 36.6 Å². The molecule has 2 heterocycles. The molecule has 6 nitrogen and oxygen atoms in total. The maximum absolute atomic E-state index is 5.49. The lowest BCUT2D eigenvalue weighted by atomic mass is 10.0. The quantitative estimate of drug-likeness (QED) is 0.514. The Morgan fingerprint density at radius 1 is 0.926 bits per heavy atom. The van der Waals surface area contributed by atoms with E-state index in [0.29, 0.717) is 17.7 Å². The Kier molecular flexibility index (Phi) is 4.78.